The van der Waals surface area contributed by atoms with E-state index in [4.69, 9.17) is 0 Å². The summed E-state index contributed by atoms with van der Waals surface area (Å²) in [4.78, 5) is 19.3. The monoisotopic (exact) mass is 541 g/mol. The van der Waals surface area contributed by atoms with E-state index in [9.17, 15) is 4.79 Å². The van der Waals surface area contributed by atoms with Gasteiger partial charge in [0.25, 0.3) is 5.91 Å². The Bertz CT molecular complexity index is 804. The van der Waals surface area contributed by atoms with Crippen molar-refractivity contribution in [1.29, 1.82) is 0 Å². The number of rotatable bonds is 7. The van der Waals surface area contributed by atoms with Crippen molar-refractivity contribution in [2.24, 2.45) is 4.99 Å². The van der Waals surface area contributed by atoms with Crippen LogP contribution in [0.15, 0.2) is 46.8 Å². The molecule has 0 saturated carbocycles. The third-order valence-electron chi connectivity index (χ3n) is 4.95. The molecular formula is C22H32IN5OS. The average molecular weight is 542 g/mol. The zero-order valence-corrected chi connectivity index (χ0v) is 20.8. The molecule has 6 nitrogen and oxygen atoms in total. The molecule has 1 aliphatic heterocycles. The van der Waals surface area contributed by atoms with Crippen molar-refractivity contribution in [3.63, 3.8) is 0 Å². The molecule has 0 bridgehead atoms. The van der Waals surface area contributed by atoms with E-state index in [1.54, 1.807) is 11.3 Å². The van der Waals surface area contributed by atoms with Crippen molar-refractivity contribution >= 4 is 52.2 Å². The largest absolute Gasteiger partial charge is 0.363 e. The van der Waals surface area contributed by atoms with Gasteiger partial charge in [0.05, 0.1) is 11.5 Å². The lowest BCUT2D eigenvalue weighted by molar-refractivity contribution is 0.0954. The van der Waals surface area contributed by atoms with E-state index in [-0.39, 0.29) is 29.9 Å². The molecule has 1 amide bonds. The number of piperidine rings is 1. The number of hydrogen-bond donors (Lipinski definition) is 3. The molecule has 1 saturated heterocycles. The lowest BCUT2D eigenvalue weighted by Gasteiger charge is -2.33. The van der Waals surface area contributed by atoms with E-state index in [0.717, 1.165) is 44.0 Å². The van der Waals surface area contributed by atoms with Gasteiger partial charge in [-0.3, -0.25) is 9.79 Å². The zero-order chi connectivity index (χ0) is 20.5. The Morgan fingerprint density at radius 1 is 1.20 bits per heavy atom. The predicted octanol–water partition coefficient (Wildman–Crippen LogP) is 3.63. The van der Waals surface area contributed by atoms with Crippen LogP contribution in [0.1, 0.15) is 35.7 Å². The molecule has 3 N–H and O–H groups in total. The van der Waals surface area contributed by atoms with Gasteiger partial charge >= 0.3 is 0 Å². The van der Waals surface area contributed by atoms with Crippen LogP contribution < -0.4 is 20.9 Å². The number of thiophene rings is 1. The van der Waals surface area contributed by atoms with Gasteiger partial charge in [-0.2, -0.15) is 0 Å². The summed E-state index contributed by atoms with van der Waals surface area (Å²) >= 11 is 1.80. The number of anilines is 1. The van der Waals surface area contributed by atoms with E-state index in [0.29, 0.717) is 24.7 Å². The van der Waals surface area contributed by atoms with Crippen LogP contribution in [-0.2, 0) is 0 Å². The second kappa shape index (κ2) is 12.8. The highest BCUT2D eigenvalue weighted by Gasteiger charge is 2.20. The maximum atomic E-state index is 12.2. The van der Waals surface area contributed by atoms with Crippen LogP contribution in [0, 0.1) is 6.92 Å². The third-order valence-corrected chi connectivity index (χ3v) is 5.87. The quantitative estimate of drug-likeness (QED) is 0.217. The lowest BCUT2D eigenvalue weighted by atomic mass is 10.1. The molecule has 0 unspecified atom stereocenters. The van der Waals surface area contributed by atoms with E-state index in [1.807, 2.05) is 31.2 Å². The number of halogens is 1. The first-order valence-corrected chi connectivity index (χ1v) is 11.2. The lowest BCUT2D eigenvalue weighted by Crippen LogP contribution is -2.48. The average Bonchev–Trinajstić information content (AvgIpc) is 3.26. The van der Waals surface area contributed by atoms with Crippen molar-refractivity contribution in [1.82, 2.24) is 16.0 Å². The Hall–Kier alpha value is -1.81. The minimum absolute atomic E-state index is 0. The van der Waals surface area contributed by atoms with E-state index >= 15 is 0 Å². The van der Waals surface area contributed by atoms with E-state index in [1.165, 1.54) is 5.00 Å². The molecule has 0 aliphatic carbocycles. The van der Waals surface area contributed by atoms with Gasteiger partial charge in [-0.1, -0.05) is 17.7 Å². The SMILES string of the molecule is CCNC(=NCCNC(=O)c1cccc(C)c1)NC1CCN(c2cccs2)CC1.I. The number of hydrogen-bond acceptors (Lipinski definition) is 4. The highest BCUT2D eigenvalue weighted by atomic mass is 127. The number of nitrogens with zero attached hydrogens (tertiary/aromatic N) is 2. The van der Waals surface area contributed by atoms with Gasteiger partial charge in [-0.15, -0.1) is 35.3 Å². The van der Waals surface area contributed by atoms with Crippen molar-refractivity contribution in [3.8, 4) is 0 Å². The fourth-order valence-electron chi connectivity index (χ4n) is 3.43. The van der Waals surface area contributed by atoms with E-state index in [2.05, 4.69) is 50.3 Å². The molecule has 0 radical (unpaired) electrons. The molecule has 1 aliphatic rings. The van der Waals surface area contributed by atoms with Gasteiger partial charge in [-0.05, 0) is 56.3 Å². The van der Waals surface area contributed by atoms with Crippen LogP contribution >= 0.6 is 35.3 Å². The maximum absolute atomic E-state index is 12.2. The second-order valence-corrected chi connectivity index (χ2v) is 8.17. The first-order chi connectivity index (χ1) is 14.2. The Balaban J connectivity index is 0.00000320. The number of aryl methyl sites for hydroxylation is 1. The smallest absolute Gasteiger partial charge is 0.251 e. The molecule has 1 aromatic carbocycles. The third kappa shape index (κ3) is 7.46. The van der Waals surface area contributed by atoms with Gasteiger partial charge in [0.15, 0.2) is 5.96 Å². The zero-order valence-electron chi connectivity index (χ0n) is 17.7. The Morgan fingerprint density at radius 3 is 2.67 bits per heavy atom. The number of carbonyl (C=O) groups is 1. The Kier molecular flexibility index (Phi) is 10.4. The molecule has 1 aromatic heterocycles. The van der Waals surface area contributed by atoms with Crippen molar-refractivity contribution in [2.75, 3.05) is 37.6 Å². The van der Waals surface area contributed by atoms with Gasteiger partial charge in [0, 0.05) is 37.8 Å². The van der Waals surface area contributed by atoms with Gasteiger partial charge in [0.2, 0.25) is 0 Å². The first-order valence-electron chi connectivity index (χ1n) is 10.3. The summed E-state index contributed by atoms with van der Waals surface area (Å²) in [6.07, 6.45) is 2.18. The summed E-state index contributed by atoms with van der Waals surface area (Å²) in [6, 6.07) is 12.3. The van der Waals surface area contributed by atoms with Gasteiger partial charge in [0.1, 0.15) is 0 Å². The number of amides is 1. The highest BCUT2D eigenvalue weighted by Crippen LogP contribution is 2.24. The highest BCUT2D eigenvalue weighted by molar-refractivity contribution is 14.0. The molecule has 3 rings (SSSR count). The summed E-state index contributed by atoms with van der Waals surface area (Å²) in [5.74, 6) is 0.773. The Labute approximate surface area is 200 Å². The predicted molar refractivity (Wildman–Crippen MR) is 138 cm³/mol. The van der Waals surface area contributed by atoms with Crippen LogP contribution in [-0.4, -0.2) is 50.6 Å². The summed E-state index contributed by atoms with van der Waals surface area (Å²) in [5, 5.41) is 13.3. The molecule has 0 atom stereocenters. The molecule has 0 spiro atoms. The number of guanidine groups is 1. The number of aliphatic imine (C=N–C) groups is 1. The van der Waals surface area contributed by atoms with Crippen LogP contribution in [0.2, 0.25) is 0 Å². The van der Waals surface area contributed by atoms with Crippen molar-refractivity contribution in [2.45, 2.75) is 32.7 Å². The number of benzene rings is 1. The molecule has 2 heterocycles. The van der Waals surface area contributed by atoms with Crippen LogP contribution in [0.25, 0.3) is 0 Å². The van der Waals surface area contributed by atoms with E-state index < -0.39 is 0 Å². The minimum Gasteiger partial charge on any atom is -0.363 e. The number of carbonyl (C=O) groups excluding carboxylic acids is 1. The summed E-state index contributed by atoms with van der Waals surface area (Å²) in [7, 11) is 0. The van der Waals surface area contributed by atoms with Crippen molar-refractivity contribution < 1.29 is 4.79 Å². The summed E-state index contributed by atoms with van der Waals surface area (Å²) in [5.41, 5.74) is 1.77. The standard InChI is InChI=1S/C22H31N5OS.HI/c1-3-23-22(25-12-11-24-21(28)18-7-4-6-17(2)16-18)26-19-9-13-27(14-10-19)20-8-5-15-29-20;/h4-8,15-16,19H,3,9-14H2,1-2H3,(H,24,28)(H2,23,25,26);1H. The van der Waals surface area contributed by atoms with Gasteiger partial charge < -0.3 is 20.9 Å². The van der Waals surface area contributed by atoms with Crippen LogP contribution in [0.3, 0.4) is 0 Å². The fourth-order valence-corrected chi connectivity index (χ4v) is 4.22. The van der Waals surface area contributed by atoms with Crippen molar-refractivity contribution in [3.05, 3.63) is 52.9 Å². The molecule has 164 valence electrons. The summed E-state index contributed by atoms with van der Waals surface area (Å²) in [6.45, 7) is 8.04. The second-order valence-electron chi connectivity index (χ2n) is 7.24. The normalized spacial score (nSPS) is 14.7. The minimum atomic E-state index is -0.0530. The Morgan fingerprint density at radius 2 is 2.00 bits per heavy atom. The van der Waals surface area contributed by atoms with Gasteiger partial charge in [-0.25, -0.2) is 0 Å². The molecular weight excluding hydrogens is 509 g/mol. The maximum Gasteiger partial charge on any atom is 0.251 e. The van der Waals surface area contributed by atoms with Crippen LogP contribution in [0.5, 0.6) is 0 Å². The molecule has 1 fully saturated rings. The topological polar surface area (TPSA) is 68.8 Å². The summed E-state index contributed by atoms with van der Waals surface area (Å²) < 4.78 is 0. The molecule has 2 aromatic rings. The number of nitrogens with one attached hydrogen (secondary N) is 3. The molecule has 8 heteroatoms. The molecule has 30 heavy (non-hydrogen) atoms. The first kappa shape index (κ1) is 24.5. The fraction of sp³-hybridized carbons (Fsp3) is 0.455. The van der Waals surface area contributed by atoms with Crippen LogP contribution in [0.4, 0.5) is 5.00 Å².